The van der Waals surface area contributed by atoms with Gasteiger partial charge in [0.1, 0.15) is 5.76 Å². The zero-order valence-corrected chi connectivity index (χ0v) is 11.1. The van der Waals surface area contributed by atoms with E-state index in [2.05, 4.69) is 5.32 Å². The van der Waals surface area contributed by atoms with E-state index in [0.29, 0.717) is 17.3 Å². The smallest absolute Gasteiger partial charge is 0.371 e. The lowest BCUT2D eigenvalue weighted by atomic mass is 10.1. The average molecular weight is 280 g/mol. The fourth-order valence-electron chi connectivity index (χ4n) is 1.71. The van der Waals surface area contributed by atoms with E-state index >= 15 is 0 Å². The molecule has 5 heteroatoms. The number of carboxylic acids is 1. The van der Waals surface area contributed by atoms with Crippen molar-refractivity contribution in [2.75, 3.05) is 0 Å². The van der Waals surface area contributed by atoms with Gasteiger partial charge in [-0.25, -0.2) is 4.79 Å². The van der Waals surface area contributed by atoms with Gasteiger partial charge in [0.15, 0.2) is 0 Å². The molecule has 0 aliphatic heterocycles. The highest BCUT2D eigenvalue weighted by molar-refractivity contribution is 6.30. The molecule has 0 radical (unpaired) electrons. The van der Waals surface area contributed by atoms with Crippen molar-refractivity contribution in [2.45, 2.75) is 19.5 Å². The van der Waals surface area contributed by atoms with Crippen molar-refractivity contribution in [3.63, 3.8) is 0 Å². The predicted molar refractivity (Wildman–Crippen MR) is 72.4 cm³/mol. The monoisotopic (exact) mass is 279 g/mol. The number of halogens is 1. The van der Waals surface area contributed by atoms with Crippen molar-refractivity contribution in [3.8, 4) is 0 Å². The Labute approximate surface area is 116 Å². The molecule has 1 aromatic heterocycles. The molecule has 1 atom stereocenters. The summed E-state index contributed by atoms with van der Waals surface area (Å²) in [7, 11) is 0. The second kappa shape index (κ2) is 5.91. The summed E-state index contributed by atoms with van der Waals surface area (Å²) in [5.41, 5.74) is 1.11. The van der Waals surface area contributed by atoms with Gasteiger partial charge in [-0.2, -0.15) is 0 Å². The first-order chi connectivity index (χ1) is 9.06. The Bertz CT molecular complexity index is 562. The molecule has 0 aliphatic rings. The molecule has 2 N–H and O–H groups in total. The molecule has 100 valence electrons. The lowest BCUT2D eigenvalue weighted by Gasteiger charge is -2.13. The van der Waals surface area contributed by atoms with Crippen molar-refractivity contribution in [1.82, 2.24) is 5.32 Å². The lowest BCUT2D eigenvalue weighted by molar-refractivity contribution is 0.0660. The van der Waals surface area contributed by atoms with Crippen LogP contribution < -0.4 is 5.32 Å². The molecule has 4 nitrogen and oxygen atoms in total. The van der Waals surface area contributed by atoms with Gasteiger partial charge in [-0.15, -0.1) is 0 Å². The van der Waals surface area contributed by atoms with Crippen LogP contribution in [0.15, 0.2) is 40.8 Å². The van der Waals surface area contributed by atoms with E-state index in [9.17, 15) is 4.79 Å². The maximum atomic E-state index is 10.7. The van der Waals surface area contributed by atoms with Crippen LogP contribution in [0.2, 0.25) is 5.02 Å². The maximum absolute atomic E-state index is 10.7. The maximum Gasteiger partial charge on any atom is 0.371 e. The number of rotatable bonds is 5. The van der Waals surface area contributed by atoms with Crippen molar-refractivity contribution < 1.29 is 14.3 Å². The molecule has 1 heterocycles. The summed E-state index contributed by atoms with van der Waals surface area (Å²) in [5, 5.41) is 12.7. The summed E-state index contributed by atoms with van der Waals surface area (Å²) in [6.07, 6.45) is 0. The Hall–Kier alpha value is -1.78. The molecule has 0 amide bonds. The first kappa shape index (κ1) is 13.6. The Kier molecular flexibility index (Phi) is 4.24. The van der Waals surface area contributed by atoms with E-state index in [0.717, 1.165) is 5.56 Å². The van der Waals surface area contributed by atoms with Gasteiger partial charge in [0.2, 0.25) is 5.76 Å². The first-order valence-corrected chi connectivity index (χ1v) is 6.25. The highest BCUT2D eigenvalue weighted by Gasteiger charge is 2.10. The van der Waals surface area contributed by atoms with Gasteiger partial charge in [-0.3, -0.25) is 0 Å². The van der Waals surface area contributed by atoms with Gasteiger partial charge in [-0.1, -0.05) is 23.7 Å². The molecule has 2 rings (SSSR count). The van der Waals surface area contributed by atoms with Crippen LogP contribution >= 0.6 is 11.6 Å². The Morgan fingerprint density at radius 1 is 1.32 bits per heavy atom. The standard InChI is InChI=1S/C14H14ClNO3/c1-9(10-2-4-11(15)5-3-10)16-8-12-6-7-13(19-12)14(17)18/h2-7,9,16H,8H2,1H3,(H,17,18)/t9-/m1/s1. The Morgan fingerprint density at radius 3 is 2.58 bits per heavy atom. The molecular formula is C14H14ClNO3. The number of benzene rings is 1. The molecule has 19 heavy (non-hydrogen) atoms. The molecule has 0 saturated carbocycles. The summed E-state index contributed by atoms with van der Waals surface area (Å²) in [4.78, 5) is 10.7. The summed E-state index contributed by atoms with van der Waals surface area (Å²) in [6.45, 7) is 2.49. The topological polar surface area (TPSA) is 62.5 Å². The second-order valence-electron chi connectivity index (χ2n) is 4.23. The summed E-state index contributed by atoms with van der Waals surface area (Å²) < 4.78 is 5.17. The minimum Gasteiger partial charge on any atom is -0.475 e. The van der Waals surface area contributed by atoms with E-state index in [1.807, 2.05) is 31.2 Å². The molecule has 1 aromatic carbocycles. The minimum absolute atomic E-state index is 0.0454. The predicted octanol–water partition coefficient (Wildman–Crippen LogP) is 3.48. The van der Waals surface area contributed by atoms with Crippen LogP contribution in [0.3, 0.4) is 0 Å². The zero-order chi connectivity index (χ0) is 13.8. The van der Waals surface area contributed by atoms with Gasteiger partial charge in [0, 0.05) is 11.1 Å². The van der Waals surface area contributed by atoms with Crippen LogP contribution in [0, 0.1) is 0 Å². The molecule has 0 saturated heterocycles. The third-order valence-corrected chi connectivity index (χ3v) is 3.08. The number of hydrogen-bond donors (Lipinski definition) is 2. The highest BCUT2D eigenvalue weighted by Crippen LogP contribution is 2.17. The molecule has 0 unspecified atom stereocenters. The number of hydrogen-bond acceptors (Lipinski definition) is 3. The molecule has 0 fully saturated rings. The average Bonchev–Trinajstić information content (AvgIpc) is 2.86. The van der Waals surface area contributed by atoms with Crippen molar-refractivity contribution >= 4 is 17.6 Å². The molecule has 0 aliphatic carbocycles. The van der Waals surface area contributed by atoms with Crippen molar-refractivity contribution in [3.05, 3.63) is 58.5 Å². The molecule has 2 aromatic rings. The van der Waals surface area contributed by atoms with Crippen LogP contribution in [-0.4, -0.2) is 11.1 Å². The second-order valence-corrected chi connectivity index (χ2v) is 4.66. The fraction of sp³-hybridized carbons (Fsp3) is 0.214. The van der Waals surface area contributed by atoms with E-state index < -0.39 is 5.97 Å². The fourth-order valence-corrected chi connectivity index (χ4v) is 1.84. The summed E-state index contributed by atoms with van der Waals surface area (Å²) in [6, 6.07) is 10.8. The van der Waals surface area contributed by atoms with Gasteiger partial charge in [-0.05, 0) is 36.8 Å². The zero-order valence-electron chi connectivity index (χ0n) is 10.4. The van der Waals surface area contributed by atoms with Crippen LogP contribution in [0.4, 0.5) is 0 Å². The number of furan rings is 1. The first-order valence-electron chi connectivity index (χ1n) is 5.87. The number of carboxylic acid groups (broad SMARTS) is 1. The van der Waals surface area contributed by atoms with Crippen molar-refractivity contribution in [2.24, 2.45) is 0 Å². The largest absolute Gasteiger partial charge is 0.475 e. The number of nitrogens with one attached hydrogen (secondary N) is 1. The lowest BCUT2D eigenvalue weighted by Crippen LogP contribution is -2.17. The Balaban J connectivity index is 1.94. The van der Waals surface area contributed by atoms with E-state index in [-0.39, 0.29) is 11.8 Å². The quantitative estimate of drug-likeness (QED) is 0.879. The van der Waals surface area contributed by atoms with Gasteiger partial charge >= 0.3 is 5.97 Å². The van der Waals surface area contributed by atoms with E-state index in [4.69, 9.17) is 21.1 Å². The third-order valence-electron chi connectivity index (χ3n) is 2.82. The molecular weight excluding hydrogens is 266 g/mol. The van der Waals surface area contributed by atoms with Crippen LogP contribution in [0.5, 0.6) is 0 Å². The summed E-state index contributed by atoms with van der Waals surface area (Å²) >= 11 is 5.83. The van der Waals surface area contributed by atoms with Crippen LogP contribution in [-0.2, 0) is 6.54 Å². The third kappa shape index (κ3) is 3.59. The van der Waals surface area contributed by atoms with Gasteiger partial charge in [0.05, 0.1) is 6.54 Å². The molecule has 0 bridgehead atoms. The van der Waals surface area contributed by atoms with E-state index in [1.165, 1.54) is 6.07 Å². The van der Waals surface area contributed by atoms with Crippen molar-refractivity contribution in [1.29, 1.82) is 0 Å². The highest BCUT2D eigenvalue weighted by atomic mass is 35.5. The van der Waals surface area contributed by atoms with Crippen LogP contribution in [0.1, 0.15) is 34.8 Å². The summed E-state index contributed by atoms with van der Waals surface area (Å²) in [5.74, 6) is -0.508. The SMILES string of the molecule is C[C@@H](NCc1ccc(C(=O)O)o1)c1ccc(Cl)cc1. The van der Waals surface area contributed by atoms with Gasteiger partial charge in [0.25, 0.3) is 0 Å². The van der Waals surface area contributed by atoms with Gasteiger partial charge < -0.3 is 14.8 Å². The normalized spacial score (nSPS) is 12.3. The number of aromatic carboxylic acids is 1. The Morgan fingerprint density at radius 2 is 2.00 bits per heavy atom. The van der Waals surface area contributed by atoms with E-state index in [1.54, 1.807) is 6.07 Å². The molecule has 0 spiro atoms. The minimum atomic E-state index is -1.06. The number of carbonyl (C=O) groups is 1. The van der Waals surface area contributed by atoms with Crippen LogP contribution in [0.25, 0.3) is 0 Å².